The maximum absolute atomic E-state index is 9.41. The first-order valence-electron chi connectivity index (χ1n) is 4.03. The lowest BCUT2D eigenvalue weighted by Gasteiger charge is -2.25. The van der Waals surface area contributed by atoms with E-state index in [0.29, 0.717) is 6.54 Å². The Balaban J connectivity index is 2.35. The van der Waals surface area contributed by atoms with Gasteiger partial charge in [0.1, 0.15) is 0 Å². The molecule has 1 N–H and O–H groups in total. The predicted octanol–water partition coefficient (Wildman–Crippen LogP) is 1.85. The Labute approximate surface area is 65.9 Å². The fraction of sp³-hybridized carbons (Fsp3) is 1.00. The van der Waals surface area contributed by atoms with Gasteiger partial charge in [0.2, 0.25) is 0 Å². The summed E-state index contributed by atoms with van der Waals surface area (Å²) in [6.45, 7) is 0.456. The summed E-state index contributed by atoms with van der Waals surface area (Å²) in [6.07, 6.45) is 3.89. The van der Waals surface area contributed by atoms with E-state index < -0.39 is 0 Å². The third-order valence-electron chi connectivity index (χ3n) is 2.25. The van der Waals surface area contributed by atoms with Crippen LogP contribution in [0.15, 0.2) is 5.11 Å². The Hall–Kier alpha value is -0.730. The molecular weight excluding hydrogens is 142 g/mol. The van der Waals surface area contributed by atoms with E-state index in [0.717, 1.165) is 25.7 Å². The van der Waals surface area contributed by atoms with Gasteiger partial charge < -0.3 is 5.11 Å². The topological polar surface area (TPSA) is 69.0 Å². The smallest absolute Gasteiger partial charge is 0.0569 e. The first kappa shape index (κ1) is 8.37. The summed E-state index contributed by atoms with van der Waals surface area (Å²) >= 11 is 0. The number of nitrogens with zero attached hydrogens (tertiary/aromatic N) is 3. The quantitative estimate of drug-likeness (QED) is 0.369. The molecule has 0 heterocycles. The maximum Gasteiger partial charge on any atom is 0.0569 e. The standard InChI is InChI=1S/C7H13N3O/c8-10-9-5-6-3-1-2-4-7(6)11/h6-7,11H,1-5H2/t6-,7+/m0/s1. The van der Waals surface area contributed by atoms with E-state index in [1.807, 2.05) is 0 Å². The lowest BCUT2D eigenvalue weighted by atomic mass is 9.87. The Morgan fingerprint density at radius 3 is 2.82 bits per heavy atom. The fourth-order valence-electron chi connectivity index (χ4n) is 1.54. The van der Waals surface area contributed by atoms with Crippen molar-refractivity contribution >= 4 is 0 Å². The van der Waals surface area contributed by atoms with E-state index in [4.69, 9.17) is 5.53 Å². The first-order chi connectivity index (χ1) is 5.34. The highest BCUT2D eigenvalue weighted by Gasteiger charge is 2.21. The summed E-state index contributed by atoms with van der Waals surface area (Å²) in [5.74, 6) is 0.208. The van der Waals surface area contributed by atoms with E-state index in [1.54, 1.807) is 0 Å². The van der Waals surface area contributed by atoms with Crippen molar-refractivity contribution in [3.05, 3.63) is 10.4 Å². The average Bonchev–Trinajstić information content (AvgIpc) is 2.03. The van der Waals surface area contributed by atoms with Crippen LogP contribution in [0.2, 0.25) is 0 Å². The highest BCUT2D eigenvalue weighted by atomic mass is 16.3. The van der Waals surface area contributed by atoms with Crippen LogP contribution in [0, 0.1) is 5.92 Å². The Kier molecular flexibility index (Phi) is 3.20. The van der Waals surface area contributed by atoms with Crippen LogP contribution in [0.25, 0.3) is 10.4 Å². The minimum atomic E-state index is -0.241. The van der Waals surface area contributed by atoms with Gasteiger partial charge in [-0.3, -0.25) is 0 Å². The number of hydrogen-bond donors (Lipinski definition) is 1. The fourth-order valence-corrected chi connectivity index (χ4v) is 1.54. The molecule has 0 unspecified atom stereocenters. The van der Waals surface area contributed by atoms with Crippen LogP contribution in [0.3, 0.4) is 0 Å². The summed E-state index contributed by atoms with van der Waals surface area (Å²) in [5.41, 5.74) is 8.06. The monoisotopic (exact) mass is 155 g/mol. The van der Waals surface area contributed by atoms with Gasteiger partial charge in [-0.05, 0) is 24.3 Å². The molecule has 62 valence electrons. The lowest BCUT2D eigenvalue weighted by Crippen LogP contribution is -2.26. The van der Waals surface area contributed by atoms with Crippen molar-refractivity contribution in [1.82, 2.24) is 0 Å². The summed E-state index contributed by atoms with van der Waals surface area (Å²) < 4.78 is 0. The molecule has 0 amide bonds. The number of azide groups is 1. The zero-order valence-corrected chi connectivity index (χ0v) is 6.48. The molecule has 0 spiro atoms. The van der Waals surface area contributed by atoms with Crippen LogP contribution in [0.5, 0.6) is 0 Å². The third-order valence-corrected chi connectivity index (χ3v) is 2.25. The van der Waals surface area contributed by atoms with Crippen molar-refractivity contribution in [2.24, 2.45) is 11.0 Å². The molecule has 4 heteroatoms. The highest BCUT2D eigenvalue weighted by Crippen LogP contribution is 2.24. The molecule has 4 nitrogen and oxygen atoms in total. The molecule has 0 aromatic carbocycles. The predicted molar refractivity (Wildman–Crippen MR) is 42.0 cm³/mol. The van der Waals surface area contributed by atoms with E-state index in [2.05, 4.69) is 10.0 Å². The maximum atomic E-state index is 9.41. The second kappa shape index (κ2) is 4.21. The van der Waals surface area contributed by atoms with Gasteiger partial charge in [0.15, 0.2) is 0 Å². The van der Waals surface area contributed by atoms with Gasteiger partial charge in [0.05, 0.1) is 6.10 Å². The van der Waals surface area contributed by atoms with Gasteiger partial charge in [-0.25, -0.2) is 0 Å². The van der Waals surface area contributed by atoms with E-state index >= 15 is 0 Å². The van der Waals surface area contributed by atoms with Crippen molar-refractivity contribution in [1.29, 1.82) is 0 Å². The van der Waals surface area contributed by atoms with Gasteiger partial charge >= 0.3 is 0 Å². The van der Waals surface area contributed by atoms with Crippen LogP contribution in [-0.4, -0.2) is 17.8 Å². The minimum Gasteiger partial charge on any atom is -0.393 e. The summed E-state index contributed by atoms with van der Waals surface area (Å²) in [5, 5.41) is 12.9. The van der Waals surface area contributed by atoms with Gasteiger partial charge in [-0.15, -0.1) is 0 Å². The Morgan fingerprint density at radius 1 is 1.45 bits per heavy atom. The van der Waals surface area contributed by atoms with Crippen LogP contribution in [-0.2, 0) is 0 Å². The van der Waals surface area contributed by atoms with Gasteiger partial charge in [-0.1, -0.05) is 18.0 Å². The van der Waals surface area contributed by atoms with Crippen LogP contribution in [0.4, 0.5) is 0 Å². The number of hydrogen-bond acceptors (Lipinski definition) is 2. The summed E-state index contributed by atoms with van der Waals surface area (Å²) in [7, 11) is 0. The molecule has 11 heavy (non-hydrogen) atoms. The molecular formula is C7H13N3O. The molecule has 0 radical (unpaired) electrons. The summed E-state index contributed by atoms with van der Waals surface area (Å²) in [6, 6.07) is 0. The lowest BCUT2D eigenvalue weighted by molar-refractivity contribution is 0.0743. The van der Waals surface area contributed by atoms with Crippen molar-refractivity contribution in [3.63, 3.8) is 0 Å². The number of rotatable bonds is 2. The van der Waals surface area contributed by atoms with Crippen molar-refractivity contribution in [2.45, 2.75) is 31.8 Å². The van der Waals surface area contributed by atoms with Crippen molar-refractivity contribution < 1.29 is 5.11 Å². The van der Waals surface area contributed by atoms with Gasteiger partial charge in [0, 0.05) is 11.5 Å². The molecule has 1 rings (SSSR count). The molecule has 0 aromatic heterocycles. The molecule has 1 saturated carbocycles. The first-order valence-corrected chi connectivity index (χ1v) is 4.03. The number of aliphatic hydroxyl groups is 1. The second-order valence-corrected chi connectivity index (χ2v) is 3.03. The summed E-state index contributed by atoms with van der Waals surface area (Å²) in [4.78, 5) is 2.68. The molecule has 0 bridgehead atoms. The molecule has 1 aliphatic rings. The molecule has 0 aliphatic heterocycles. The van der Waals surface area contributed by atoms with E-state index in [-0.39, 0.29) is 12.0 Å². The molecule has 2 atom stereocenters. The SMILES string of the molecule is [N-]=[N+]=NC[C@@H]1CCCC[C@H]1O. The van der Waals surface area contributed by atoms with E-state index in [1.165, 1.54) is 0 Å². The zero-order chi connectivity index (χ0) is 8.10. The zero-order valence-electron chi connectivity index (χ0n) is 6.48. The van der Waals surface area contributed by atoms with Gasteiger partial charge in [0.25, 0.3) is 0 Å². The molecule has 1 aliphatic carbocycles. The number of aliphatic hydroxyl groups excluding tert-OH is 1. The second-order valence-electron chi connectivity index (χ2n) is 3.03. The van der Waals surface area contributed by atoms with E-state index in [9.17, 15) is 5.11 Å². The highest BCUT2D eigenvalue weighted by molar-refractivity contribution is 4.75. The Morgan fingerprint density at radius 2 is 2.18 bits per heavy atom. The normalized spacial score (nSPS) is 31.0. The van der Waals surface area contributed by atoms with Gasteiger partial charge in [-0.2, -0.15) is 0 Å². The van der Waals surface area contributed by atoms with Crippen molar-refractivity contribution in [2.75, 3.05) is 6.54 Å². The Bertz CT molecular complexity index is 165. The molecule has 0 saturated heterocycles. The molecule has 1 fully saturated rings. The average molecular weight is 155 g/mol. The van der Waals surface area contributed by atoms with Crippen molar-refractivity contribution in [3.8, 4) is 0 Å². The van der Waals surface area contributed by atoms with Crippen LogP contribution in [0.1, 0.15) is 25.7 Å². The molecule has 0 aromatic rings. The largest absolute Gasteiger partial charge is 0.393 e. The van der Waals surface area contributed by atoms with Crippen LogP contribution < -0.4 is 0 Å². The van der Waals surface area contributed by atoms with Crippen LogP contribution >= 0.6 is 0 Å². The third kappa shape index (κ3) is 2.41. The minimum absolute atomic E-state index is 0.208.